The van der Waals surface area contributed by atoms with Crippen molar-refractivity contribution in [1.29, 1.82) is 0 Å². The molecule has 0 aliphatic carbocycles. The minimum Gasteiger partial charge on any atom is -0.399 e. The first-order valence-corrected chi connectivity index (χ1v) is 9.31. The molecule has 2 fully saturated rings. The van der Waals surface area contributed by atoms with Gasteiger partial charge in [-0.3, -0.25) is 9.80 Å². The molecule has 0 radical (unpaired) electrons. The summed E-state index contributed by atoms with van der Waals surface area (Å²) < 4.78 is 12.3. The van der Waals surface area contributed by atoms with Crippen molar-refractivity contribution in [2.75, 3.05) is 39.3 Å². The van der Waals surface area contributed by atoms with Crippen molar-refractivity contribution in [2.24, 2.45) is 0 Å². The largest absolute Gasteiger partial charge is 0.494 e. The van der Waals surface area contributed by atoms with Gasteiger partial charge in [0.1, 0.15) is 0 Å². The molecule has 2 saturated heterocycles. The van der Waals surface area contributed by atoms with Gasteiger partial charge in [-0.15, -0.1) is 0 Å². The van der Waals surface area contributed by atoms with Gasteiger partial charge in [-0.2, -0.15) is 0 Å². The molecule has 1 N–H and O–H groups in total. The fourth-order valence-corrected chi connectivity index (χ4v) is 3.39. The van der Waals surface area contributed by atoms with Gasteiger partial charge in [0.25, 0.3) is 0 Å². The van der Waals surface area contributed by atoms with Crippen LogP contribution < -0.4 is 5.46 Å². The molecule has 2 heterocycles. The smallest absolute Gasteiger partial charge is 0.399 e. The highest BCUT2D eigenvalue weighted by atomic mass is 16.7. The van der Waals surface area contributed by atoms with Crippen LogP contribution in [-0.4, -0.2) is 72.6 Å². The minimum absolute atomic E-state index is 0.246. The van der Waals surface area contributed by atoms with Crippen LogP contribution in [0, 0.1) is 0 Å². The predicted octanol–water partition coefficient (Wildman–Crippen LogP) is 1.10. The SMILES string of the molecule is CC1(C)OB(c2cccc(CN3CCN(CCO)CC3)c2)OC1(C)C. The number of piperazine rings is 1. The van der Waals surface area contributed by atoms with Gasteiger partial charge in [-0.25, -0.2) is 0 Å². The minimum atomic E-state index is -0.309. The van der Waals surface area contributed by atoms with E-state index in [0.29, 0.717) is 0 Å². The Bertz CT molecular complexity index is 570. The van der Waals surface area contributed by atoms with Crippen LogP contribution in [0.15, 0.2) is 24.3 Å². The van der Waals surface area contributed by atoms with Gasteiger partial charge >= 0.3 is 7.12 Å². The molecular weight excluding hydrogens is 315 g/mol. The highest BCUT2D eigenvalue weighted by Crippen LogP contribution is 2.36. The Morgan fingerprint density at radius 2 is 1.60 bits per heavy atom. The van der Waals surface area contributed by atoms with E-state index >= 15 is 0 Å². The fraction of sp³-hybridized carbons (Fsp3) is 0.684. The maximum atomic E-state index is 9.05. The van der Waals surface area contributed by atoms with Crippen molar-refractivity contribution in [3.05, 3.63) is 29.8 Å². The molecule has 138 valence electrons. The molecule has 0 spiro atoms. The van der Waals surface area contributed by atoms with Gasteiger partial charge in [-0.05, 0) is 38.7 Å². The Balaban J connectivity index is 1.61. The lowest BCUT2D eigenvalue weighted by Crippen LogP contribution is -2.46. The standard InChI is InChI=1S/C19H31BN2O3/c1-18(2)19(3,4)25-20(24-18)17-7-5-6-16(14-17)15-22-10-8-21(9-11-22)12-13-23/h5-7,14,23H,8-13,15H2,1-4H3. The van der Waals surface area contributed by atoms with Crippen LogP contribution in [-0.2, 0) is 15.9 Å². The zero-order valence-electron chi connectivity index (χ0n) is 16.0. The summed E-state index contributed by atoms with van der Waals surface area (Å²) in [6.45, 7) is 14.5. The number of benzene rings is 1. The number of rotatable bonds is 5. The van der Waals surface area contributed by atoms with Crippen LogP contribution in [0.4, 0.5) is 0 Å². The average molecular weight is 346 g/mol. The van der Waals surface area contributed by atoms with Crippen molar-refractivity contribution in [1.82, 2.24) is 9.80 Å². The van der Waals surface area contributed by atoms with E-state index < -0.39 is 0 Å². The van der Waals surface area contributed by atoms with Gasteiger partial charge in [0, 0.05) is 39.3 Å². The van der Waals surface area contributed by atoms with Crippen LogP contribution in [0.1, 0.15) is 33.3 Å². The molecule has 2 aliphatic heterocycles. The first-order chi connectivity index (χ1) is 11.8. The van der Waals surface area contributed by atoms with Crippen molar-refractivity contribution >= 4 is 12.6 Å². The zero-order valence-corrected chi connectivity index (χ0v) is 16.0. The molecule has 3 rings (SSSR count). The zero-order chi connectivity index (χ0) is 18.1. The second-order valence-electron chi connectivity index (χ2n) is 8.17. The molecule has 0 aromatic heterocycles. The molecule has 25 heavy (non-hydrogen) atoms. The summed E-state index contributed by atoms with van der Waals surface area (Å²) in [6.07, 6.45) is 0. The van der Waals surface area contributed by atoms with Crippen LogP contribution in [0.25, 0.3) is 0 Å². The normalized spacial score (nSPS) is 24.0. The second kappa shape index (κ2) is 7.37. The first kappa shape index (κ1) is 18.9. The highest BCUT2D eigenvalue weighted by molar-refractivity contribution is 6.62. The summed E-state index contributed by atoms with van der Waals surface area (Å²) in [7, 11) is -0.300. The highest BCUT2D eigenvalue weighted by Gasteiger charge is 2.51. The van der Waals surface area contributed by atoms with Crippen LogP contribution in [0.5, 0.6) is 0 Å². The number of nitrogens with zero attached hydrogens (tertiary/aromatic N) is 2. The summed E-state index contributed by atoms with van der Waals surface area (Å²) in [6, 6.07) is 8.57. The van der Waals surface area contributed by atoms with E-state index in [2.05, 4.69) is 61.8 Å². The summed E-state index contributed by atoms with van der Waals surface area (Å²) >= 11 is 0. The van der Waals surface area contributed by atoms with Crippen molar-refractivity contribution < 1.29 is 14.4 Å². The van der Waals surface area contributed by atoms with E-state index in [0.717, 1.165) is 44.7 Å². The van der Waals surface area contributed by atoms with Crippen LogP contribution in [0.2, 0.25) is 0 Å². The Morgan fingerprint density at radius 1 is 1.00 bits per heavy atom. The Kier molecular flexibility index (Phi) is 5.56. The summed E-state index contributed by atoms with van der Waals surface area (Å²) in [5, 5.41) is 9.05. The number of aliphatic hydroxyl groups is 1. The Labute approximate surface area is 152 Å². The fourth-order valence-electron chi connectivity index (χ4n) is 3.39. The maximum Gasteiger partial charge on any atom is 0.494 e. The van der Waals surface area contributed by atoms with Crippen molar-refractivity contribution in [3.63, 3.8) is 0 Å². The van der Waals surface area contributed by atoms with Crippen LogP contribution >= 0.6 is 0 Å². The number of β-amino-alcohol motifs (C(OH)–C–C–N with tert-alkyl or cyclic N) is 1. The third kappa shape index (κ3) is 4.26. The van der Waals surface area contributed by atoms with Crippen molar-refractivity contribution in [3.8, 4) is 0 Å². The van der Waals surface area contributed by atoms with E-state index in [1.165, 1.54) is 5.56 Å². The lowest BCUT2D eigenvalue weighted by Gasteiger charge is -2.34. The van der Waals surface area contributed by atoms with E-state index in [4.69, 9.17) is 14.4 Å². The molecule has 0 bridgehead atoms. The van der Waals surface area contributed by atoms with Gasteiger partial charge < -0.3 is 14.4 Å². The van der Waals surface area contributed by atoms with E-state index in [1.807, 2.05) is 0 Å². The summed E-state index contributed by atoms with van der Waals surface area (Å²) in [4.78, 5) is 4.79. The van der Waals surface area contributed by atoms with Gasteiger partial charge in [0.2, 0.25) is 0 Å². The van der Waals surface area contributed by atoms with E-state index in [-0.39, 0.29) is 24.9 Å². The summed E-state index contributed by atoms with van der Waals surface area (Å²) in [5.74, 6) is 0. The third-order valence-corrected chi connectivity index (χ3v) is 5.76. The molecule has 2 aliphatic rings. The molecule has 1 aromatic carbocycles. The summed E-state index contributed by atoms with van der Waals surface area (Å²) in [5.41, 5.74) is 1.77. The lowest BCUT2D eigenvalue weighted by atomic mass is 9.78. The van der Waals surface area contributed by atoms with E-state index in [1.54, 1.807) is 0 Å². The topological polar surface area (TPSA) is 45.2 Å². The second-order valence-corrected chi connectivity index (χ2v) is 8.17. The molecule has 0 unspecified atom stereocenters. The molecule has 1 aromatic rings. The number of hydrogen-bond donors (Lipinski definition) is 1. The number of aliphatic hydroxyl groups excluding tert-OH is 1. The molecular formula is C19H31BN2O3. The monoisotopic (exact) mass is 346 g/mol. The quantitative estimate of drug-likeness (QED) is 0.809. The predicted molar refractivity (Wildman–Crippen MR) is 101 cm³/mol. The van der Waals surface area contributed by atoms with Crippen LogP contribution in [0.3, 0.4) is 0 Å². The van der Waals surface area contributed by atoms with Gasteiger partial charge in [-0.1, -0.05) is 24.3 Å². The van der Waals surface area contributed by atoms with E-state index in [9.17, 15) is 0 Å². The number of hydrogen-bond acceptors (Lipinski definition) is 5. The van der Waals surface area contributed by atoms with Crippen molar-refractivity contribution in [2.45, 2.75) is 45.4 Å². The third-order valence-electron chi connectivity index (χ3n) is 5.76. The van der Waals surface area contributed by atoms with Gasteiger partial charge in [0.15, 0.2) is 0 Å². The first-order valence-electron chi connectivity index (χ1n) is 9.31. The molecule has 0 saturated carbocycles. The molecule has 0 amide bonds. The van der Waals surface area contributed by atoms with Gasteiger partial charge in [0.05, 0.1) is 17.8 Å². The maximum absolute atomic E-state index is 9.05. The average Bonchev–Trinajstić information content (AvgIpc) is 2.78. The Morgan fingerprint density at radius 3 is 2.20 bits per heavy atom. The lowest BCUT2D eigenvalue weighted by molar-refractivity contribution is 0.00578. The Hall–Kier alpha value is -0.915. The molecule has 0 atom stereocenters. The molecule has 5 nitrogen and oxygen atoms in total. The molecule has 6 heteroatoms.